The molecule has 3 heteroatoms. The minimum atomic E-state index is -0.421. The number of hydrogen-bond donors (Lipinski definition) is 0. The number of rotatable bonds is 3. The van der Waals surface area contributed by atoms with E-state index in [4.69, 9.17) is 4.74 Å². The van der Waals surface area contributed by atoms with Crippen LogP contribution in [0.2, 0.25) is 0 Å². The molecule has 1 saturated heterocycles. The molecule has 1 unspecified atom stereocenters. The summed E-state index contributed by atoms with van der Waals surface area (Å²) in [6, 6.07) is 10.8. The van der Waals surface area contributed by atoms with Crippen molar-refractivity contribution in [2.75, 3.05) is 13.1 Å². The van der Waals surface area contributed by atoms with Crippen molar-refractivity contribution in [1.29, 1.82) is 0 Å². The van der Waals surface area contributed by atoms with Gasteiger partial charge in [0.1, 0.15) is 5.60 Å². The highest BCUT2D eigenvalue weighted by atomic mass is 16.6. The number of hydrogen-bond acceptors (Lipinski definition) is 2. The van der Waals surface area contributed by atoms with Crippen molar-refractivity contribution in [1.82, 2.24) is 4.90 Å². The van der Waals surface area contributed by atoms with Crippen molar-refractivity contribution in [2.45, 2.75) is 64.9 Å². The summed E-state index contributed by atoms with van der Waals surface area (Å²) in [4.78, 5) is 14.1. The number of carbonyl (C=O) groups is 1. The molecule has 1 fully saturated rings. The SMILES string of the molecule is CCC(C)(c1ccccc1)C1CCN(C(=O)OC(C)(C)C)CC1. The summed E-state index contributed by atoms with van der Waals surface area (Å²) in [6.45, 7) is 12.0. The number of piperidine rings is 1. The zero-order chi connectivity index (χ0) is 17.1. The largest absolute Gasteiger partial charge is 0.444 e. The van der Waals surface area contributed by atoms with E-state index in [1.54, 1.807) is 0 Å². The first-order valence-electron chi connectivity index (χ1n) is 8.79. The number of nitrogens with zero attached hydrogens (tertiary/aromatic N) is 1. The Bertz CT molecular complexity index is 512. The van der Waals surface area contributed by atoms with Crippen LogP contribution in [0.4, 0.5) is 4.79 Å². The maximum Gasteiger partial charge on any atom is 0.410 e. The van der Waals surface area contributed by atoms with Gasteiger partial charge in [-0.25, -0.2) is 4.79 Å². The standard InChI is InChI=1S/C20H31NO2/c1-6-20(5,16-10-8-7-9-11-16)17-12-14-21(15-13-17)18(22)23-19(2,3)4/h7-11,17H,6,12-15H2,1-5H3. The van der Waals surface area contributed by atoms with E-state index in [2.05, 4.69) is 44.2 Å². The predicted molar refractivity (Wildman–Crippen MR) is 94.6 cm³/mol. The third-order valence-electron chi connectivity index (χ3n) is 5.22. The van der Waals surface area contributed by atoms with Crippen LogP contribution in [0.3, 0.4) is 0 Å². The van der Waals surface area contributed by atoms with Gasteiger partial charge in [-0.05, 0) is 56.9 Å². The van der Waals surface area contributed by atoms with Crippen LogP contribution >= 0.6 is 0 Å². The molecule has 0 bridgehead atoms. The summed E-state index contributed by atoms with van der Waals surface area (Å²) < 4.78 is 5.50. The second kappa shape index (κ2) is 6.94. The Morgan fingerprint density at radius 1 is 1.13 bits per heavy atom. The molecule has 128 valence electrons. The van der Waals surface area contributed by atoms with Gasteiger partial charge in [0.2, 0.25) is 0 Å². The lowest BCUT2D eigenvalue weighted by atomic mass is 9.66. The lowest BCUT2D eigenvalue weighted by Crippen LogP contribution is -2.45. The van der Waals surface area contributed by atoms with E-state index in [0.29, 0.717) is 5.92 Å². The third-order valence-corrected chi connectivity index (χ3v) is 5.22. The fraction of sp³-hybridized carbons (Fsp3) is 0.650. The van der Waals surface area contributed by atoms with E-state index < -0.39 is 5.60 Å². The summed E-state index contributed by atoms with van der Waals surface area (Å²) in [5.74, 6) is 0.605. The summed E-state index contributed by atoms with van der Waals surface area (Å²) in [7, 11) is 0. The second-order valence-electron chi connectivity index (χ2n) is 7.88. The highest BCUT2D eigenvalue weighted by Crippen LogP contribution is 2.41. The molecule has 1 aliphatic rings. The minimum absolute atomic E-state index is 0.172. The molecule has 0 N–H and O–H groups in total. The molecule has 1 heterocycles. The van der Waals surface area contributed by atoms with Crippen molar-refractivity contribution in [3.05, 3.63) is 35.9 Å². The van der Waals surface area contributed by atoms with Crippen molar-refractivity contribution in [3.8, 4) is 0 Å². The first kappa shape index (κ1) is 17.8. The molecule has 0 aliphatic carbocycles. The Morgan fingerprint density at radius 3 is 2.17 bits per heavy atom. The molecule has 1 aromatic rings. The summed E-state index contributed by atoms with van der Waals surface area (Å²) in [5.41, 5.74) is 1.18. The maximum absolute atomic E-state index is 12.2. The Morgan fingerprint density at radius 2 is 1.70 bits per heavy atom. The van der Waals surface area contributed by atoms with Gasteiger partial charge in [0, 0.05) is 13.1 Å². The van der Waals surface area contributed by atoms with E-state index in [9.17, 15) is 4.79 Å². The first-order valence-corrected chi connectivity index (χ1v) is 8.79. The molecular weight excluding hydrogens is 286 g/mol. The summed E-state index contributed by atoms with van der Waals surface area (Å²) >= 11 is 0. The van der Waals surface area contributed by atoms with Crippen LogP contribution in [0.1, 0.15) is 59.4 Å². The molecule has 2 rings (SSSR count). The molecule has 1 atom stereocenters. The second-order valence-corrected chi connectivity index (χ2v) is 7.88. The topological polar surface area (TPSA) is 29.5 Å². The van der Waals surface area contributed by atoms with Gasteiger partial charge >= 0.3 is 6.09 Å². The Balaban J connectivity index is 2.02. The summed E-state index contributed by atoms with van der Waals surface area (Å²) in [6.07, 6.45) is 3.03. The molecule has 0 saturated carbocycles. The van der Waals surface area contributed by atoms with Crippen molar-refractivity contribution in [2.24, 2.45) is 5.92 Å². The molecule has 0 spiro atoms. The number of ether oxygens (including phenoxy) is 1. The van der Waals surface area contributed by atoms with Gasteiger partial charge in [-0.15, -0.1) is 0 Å². The van der Waals surface area contributed by atoms with Gasteiger partial charge in [0.15, 0.2) is 0 Å². The molecule has 1 amide bonds. The van der Waals surface area contributed by atoms with Crippen LogP contribution in [-0.2, 0) is 10.2 Å². The highest BCUT2D eigenvalue weighted by molar-refractivity contribution is 5.68. The predicted octanol–water partition coefficient (Wildman–Crippen LogP) is 5.00. The van der Waals surface area contributed by atoms with Crippen molar-refractivity contribution < 1.29 is 9.53 Å². The normalized spacial score (nSPS) is 19.3. The molecule has 0 radical (unpaired) electrons. The molecular formula is C20H31NO2. The number of likely N-dealkylation sites (tertiary alicyclic amines) is 1. The molecule has 23 heavy (non-hydrogen) atoms. The molecule has 1 aromatic carbocycles. The quantitative estimate of drug-likeness (QED) is 0.785. The van der Waals surface area contributed by atoms with Crippen molar-refractivity contribution >= 4 is 6.09 Å². The van der Waals surface area contributed by atoms with E-state index in [1.807, 2.05) is 25.7 Å². The number of amides is 1. The Labute approximate surface area is 141 Å². The monoisotopic (exact) mass is 317 g/mol. The lowest BCUT2D eigenvalue weighted by Gasteiger charge is -2.43. The minimum Gasteiger partial charge on any atom is -0.444 e. The fourth-order valence-electron chi connectivity index (χ4n) is 3.57. The van der Waals surface area contributed by atoms with Crippen LogP contribution in [0, 0.1) is 5.92 Å². The zero-order valence-electron chi connectivity index (χ0n) is 15.3. The van der Waals surface area contributed by atoms with Crippen molar-refractivity contribution in [3.63, 3.8) is 0 Å². The van der Waals surface area contributed by atoms with Gasteiger partial charge in [0.05, 0.1) is 0 Å². The van der Waals surface area contributed by atoms with E-state index in [1.165, 1.54) is 5.56 Å². The Hall–Kier alpha value is -1.51. The van der Waals surface area contributed by atoms with E-state index >= 15 is 0 Å². The van der Waals surface area contributed by atoms with Crippen LogP contribution < -0.4 is 0 Å². The van der Waals surface area contributed by atoms with Crippen LogP contribution in [0.25, 0.3) is 0 Å². The molecule has 0 aromatic heterocycles. The van der Waals surface area contributed by atoms with E-state index in [-0.39, 0.29) is 11.5 Å². The lowest BCUT2D eigenvalue weighted by molar-refractivity contribution is 0.0147. The summed E-state index contributed by atoms with van der Waals surface area (Å²) in [5, 5.41) is 0. The number of benzene rings is 1. The highest BCUT2D eigenvalue weighted by Gasteiger charge is 2.37. The van der Waals surface area contributed by atoms with Gasteiger partial charge in [-0.3, -0.25) is 0 Å². The van der Waals surface area contributed by atoms with Crippen LogP contribution in [-0.4, -0.2) is 29.7 Å². The fourth-order valence-corrected chi connectivity index (χ4v) is 3.57. The molecule has 3 nitrogen and oxygen atoms in total. The van der Waals surface area contributed by atoms with Gasteiger partial charge in [0.25, 0.3) is 0 Å². The maximum atomic E-state index is 12.2. The Kier molecular flexibility index (Phi) is 5.38. The van der Waals surface area contributed by atoms with E-state index in [0.717, 1.165) is 32.4 Å². The zero-order valence-corrected chi connectivity index (χ0v) is 15.3. The smallest absolute Gasteiger partial charge is 0.410 e. The molecule has 1 aliphatic heterocycles. The average Bonchev–Trinajstić information content (AvgIpc) is 2.53. The van der Waals surface area contributed by atoms with Gasteiger partial charge < -0.3 is 9.64 Å². The number of carbonyl (C=O) groups excluding carboxylic acids is 1. The van der Waals surface area contributed by atoms with Gasteiger partial charge in [-0.2, -0.15) is 0 Å². The van der Waals surface area contributed by atoms with Gasteiger partial charge in [-0.1, -0.05) is 44.2 Å². The first-order chi connectivity index (χ1) is 10.8. The average molecular weight is 317 g/mol. The van der Waals surface area contributed by atoms with Crippen LogP contribution in [0.15, 0.2) is 30.3 Å². The van der Waals surface area contributed by atoms with Crippen LogP contribution in [0.5, 0.6) is 0 Å². The third kappa shape index (κ3) is 4.27.